The number of nitrogens with one attached hydrogen (secondary N) is 1. The first-order chi connectivity index (χ1) is 10.7. The van der Waals surface area contributed by atoms with Gasteiger partial charge in [-0.2, -0.15) is 0 Å². The van der Waals surface area contributed by atoms with E-state index in [1.807, 2.05) is 6.92 Å². The van der Waals surface area contributed by atoms with E-state index in [1.54, 1.807) is 0 Å². The summed E-state index contributed by atoms with van der Waals surface area (Å²) in [5.41, 5.74) is 0. The van der Waals surface area contributed by atoms with E-state index in [0.717, 1.165) is 29.7 Å². The lowest BCUT2D eigenvalue weighted by atomic mass is 9.79. The zero-order chi connectivity index (χ0) is 15.1. The number of furan rings is 2. The Balaban J connectivity index is 1.42. The van der Waals surface area contributed by atoms with Crippen LogP contribution in [0.4, 0.5) is 0 Å². The number of aryl methyl sites for hydroxylation is 1. The van der Waals surface area contributed by atoms with Crippen molar-refractivity contribution in [1.29, 1.82) is 0 Å². The molecule has 3 heteroatoms. The van der Waals surface area contributed by atoms with Crippen molar-refractivity contribution < 1.29 is 8.83 Å². The van der Waals surface area contributed by atoms with Gasteiger partial charge in [-0.15, -0.1) is 0 Å². The largest absolute Gasteiger partial charge is 0.465 e. The lowest BCUT2D eigenvalue weighted by Gasteiger charge is -2.33. The topological polar surface area (TPSA) is 38.3 Å². The summed E-state index contributed by atoms with van der Waals surface area (Å²) < 4.78 is 11.9. The summed E-state index contributed by atoms with van der Waals surface area (Å²) in [6.07, 6.45) is 5.20. The van der Waals surface area contributed by atoms with Gasteiger partial charge in [-0.25, -0.2) is 0 Å². The maximum Gasteiger partial charge on any atom is 0.121 e. The van der Waals surface area contributed by atoms with Crippen molar-refractivity contribution in [3.05, 3.63) is 47.3 Å². The van der Waals surface area contributed by atoms with Crippen molar-refractivity contribution in [2.45, 2.75) is 58.0 Å². The van der Waals surface area contributed by atoms with Crippen molar-refractivity contribution in [2.75, 3.05) is 0 Å². The van der Waals surface area contributed by atoms with Gasteiger partial charge in [-0.3, -0.25) is 0 Å². The van der Waals surface area contributed by atoms with Crippen molar-refractivity contribution >= 4 is 0 Å². The first-order valence-corrected chi connectivity index (χ1v) is 8.59. The summed E-state index contributed by atoms with van der Waals surface area (Å²) in [6, 6.07) is 8.77. The Kier molecular flexibility index (Phi) is 3.61. The fourth-order valence-corrected chi connectivity index (χ4v) is 3.51. The second kappa shape index (κ2) is 5.62. The molecule has 22 heavy (non-hydrogen) atoms. The molecule has 1 N–H and O–H groups in total. The molecule has 0 aromatic carbocycles. The molecule has 0 amide bonds. The molecule has 0 radical (unpaired) electrons. The third-order valence-corrected chi connectivity index (χ3v) is 5.34. The second-order valence-electron chi connectivity index (χ2n) is 7.12. The van der Waals surface area contributed by atoms with Crippen molar-refractivity contribution in [3.63, 3.8) is 0 Å². The smallest absolute Gasteiger partial charge is 0.121 e. The van der Waals surface area contributed by atoms with E-state index in [1.165, 1.54) is 31.4 Å². The van der Waals surface area contributed by atoms with Crippen LogP contribution in [-0.2, 0) is 6.54 Å². The Bertz CT molecular complexity index is 637. The fourth-order valence-electron chi connectivity index (χ4n) is 3.51. The minimum atomic E-state index is 0.316. The highest BCUT2D eigenvalue weighted by Crippen LogP contribution is 2.47. The van der Waals surface area contributed by atoms with E-state index in [-0.39, 0.29) is 0 Å². The molecule has 0 bridgehead atoms. The Morgan fingerprint density at radius 1 is 1.18 bits per heavy atom. The van der Waals surface area contributed by atoms with E-state index in [2.05, 4.69) is 36.5 Å². The zero-order valence-electron chi connectivity index (χ0n) is 13.5. The molecule has 2 aliphatic carbocycles. The molecule has 3 nitrogen and oxygen atoms in total. The van der Waals surface area contributed by atoms with Crippen molar-refractivity contribution in [1.82, 2.24) is 5.32 Å². The molecule has 2 saturated carbocycles. The molecule has 2 fully saturated rings. The van der Waals surface area contributed by atoms with Crippen LogP contribution in [0.1, 0.15) is 67.6 Å². The van der Waals surface area contributed by atoms with Gasteiger partial charge in [-0.1, -0.05) is 13.3 Å². The summed E-state index contributed by atoms with van der Waals surface area (Å²) in [7, 11) is 0. The predicted octanol–water partition coefficient (Wildman–Crippen LogP) is 4.94. The van der Waals surface area contributed by atoms with Crippen LogP contribution < -0.4 is 5.32 Å². The molecule has 118 valence electrons. The van der Waals surface area contributed by atoms with E-state index in [0.29, 0.717) is 17.9 Å². The van der Waals surface area contributed by atoms with Gasteiger partial charge in [0.05, 0.1) is 12.6 Å². The van der Waals surface area contributed by atoms with Crippen LogP contribution in [0.5, 0.6) is 0 Å². The summed E-state index contributed by atoms with van der Waals surface area (Å²) in [5.74, 6) is 6.42. The van der Waals surface area contributed by atoms with Gasteiger partial charge in [0.25, 0.3) is 0 Å². The van der Waals surface area contributed by atoms with Crippen LogP contribution in [0.25, 0.3) is 0 Å². The SMILES string of the molecule is Cc1ccc(C(NCc2ccc(C3CC3C)o2)C2CCC2)o1. The third kappa shape index (κ3) is 2.74. The summed E-state index contributed by atoms with van der Waals surface area (Å²) >= 11 is 0. The Hall–Kier alpha value is -1.48. The Labute approximate surface area is 132 Å². The highest BCUT2D eigenvalue weighted by atomic mass is 16.3. The average molecular weight is 299 g/mol. The fraction of sp³-hybridized carbons (Fsp3) is 0.579. The molecular formula is C19H25NO2. The van der Waals surface area contributed by atoms with Gasteiger partial charge in [0.2, 0.25) is 0 Å². The predicted molar refractivity (Wildman–Crippen MR) is 85.6 cm³/mol. The van der Waals surface area contributed by atoms with Gasteiger partial charge in [0, 0.05) is 5.92 Å². The number of rotatable bonds is 6. The van der Waals surface area contributed by atoms with E-state index < -0.39 is 0 Å². The molecule has 2 heterocycles. The first kappa shape index (κ1) is 14.1. The Morgan fingerprint density at radius 3 is 2.59 bits per heavy atom. The van der Waals surface area contributed by atoms with E-state index >= 15 is 0 Å². The van der Waals surface area contributed by atoms with Gasteiger partial charge in [-0.05, 0) is 62.3 Å². The molecule has 3 atom stereocenters. The molecule has 2 aliphatic rings. The van der Waals surface area contributed by atoms with Crippen LogP contribution in [0.3, 0.4) is 0 Å². The molecule has 0 spiro atoms. The van der Waals surface area contributed by atoms with Crippen LogP contribution in [0.15, 0.2) is 33.1 Å². The van der Waals surface area contributed by atoms with Crippen LogP contribution in [0, 0.1) is 18.8 Å². The summed E-state index contributed by atoms with van der Waals surface area (Å²) in [4.78, 5) is 0. The van der Waals surface area contributed by atoms with Gasteiger partial charge < -0.3 is 14.2 Å². The highest BCUT2D eigenvalue weighted by Gasteiger charge is 2.36. The van der Waals surface area contributed by atoms with E-state index in [4.69, 9.17) is 8.83 Å². The molecular weight excluding hydrogens is 274 g/mol. The van der Waals surface area contributed by atoms with Crippen molar-refractivity contribution in [2.24, 2.45) is 11.8 Å². The summed E-state index contributed by atoms with van der Waals surface area (Å²) in [6.45, 7) is 5.08. The first-order valence-electron chi connectivity index (χ1n) is 8.59. The molecule has 3 unspecified atom stereocenters. The third-order valence-electron chi connectivity index (χ3n) is 5.34. The lowest BCUT2D eigenvalue weighted by Crippen LogP contribution is -2.31. The molecule has 0 aliphatic heterocycles. The van der Waals surface area contributed by atoms with Gasteiger partial charge >= 0.3 is 0 Å². The molecule has 0 saturated heterocycles. The average Bonchev–Trinajstić information content (AvgIpc) is 2.88. The minimum Gasteiger partial charge on any atom is -0.465 e. The maximum absolute atomic E-state index is 6.01. The molecule has 2 aromatic heterocycles. The molecule has 2 aromatic rings. The van der Waals surface area contributed by atoms with Gasteiger partial charge in [0.15, 0.2) is 0 Å². The van der Waals surface area contributed by atoms with Crippen LogP contribution in [-0.4, -0.2) is 0 Å². The standard InChI is InChI=1S/C19H25NO2/c1-12-10-16(12)17-9-7-15(22-17)11-20-19(14-4-3-5-14)18-8-6-13(2)21-18/h6-9,12,14,16,19-20H,3-5,10-11H2,1-2H3. The zero-order valence-corrected chi connectivity index (χ0v) is 13.5. The van der Waals surface area contributed by atoms with E-state index in [9.17, 15) is 0 Å². The second-order valence-corrected chi connectivity index (χ2v) is 7.12. The Morgan fingerprint density at radius 2 is 2.00 bits per heavy atom. The summed E-state index contributed by atoms with van der Waals surface area (Å²) in [5, 5.41) is 3.66. The lowest BCUT2D eigenvalue weighted by molar-refractivity contribution is 0.201. The normalized spacial score (nSPS) is 25.9. The number of hydrogen-bond donors (Lipinski definition) is 1. The molecule has 4 rings (SSSR count). The van der Waals surface area contributed by atoms with Crippen molar-refractivity contribution in [3.8, 4) is 0 Å². The quantitative estimate of drug-likeness (QED) is 0.821. The minimum absolute atomic E-state index is 0.316. The number of hydrogen-bond acceptors (Lipinski definition) is 3. The van der Waals surface area contributed by atoms with Crippen LogP contribution >= 0.6 is 0 Å². The van der Waals surface area contributed by atoms with Crippen LogP contribution in [0.2, 0.25) is 0 Å². The van der Waals surface area contributed by atoms with Gasteiger partial charge in [0.1, 0.15) is 23.0 Å². The highest BCUT2D eigenvalue weighted by molar-refractivity contribution is 5.18. The monoisotopic (exact) mass is 299 g/mol. The maximum atomic E-state index is 6.01.